The summed E-state index contributed by atoms with van der Waals surface area (Å²) < 4.78 is 6.84. The van der Waals surface area contributed by atoms with Gasteiger partial charge in [0.2, 0.25) is 5.91 Å². The van der Waals surface area contributed by atoms with Gasteiger partial charge in [-0.05, 0) is 42.5 Å². The van der Waals surface area contributed by atoms with Gasteiger partial charge in [-0.15, -0.1) is 21.5 Å². The third-order valence-electron chi connectivity index (χ3n) is 4.22. The van der Waals surface area contributed by atoms with Crippen LogP contribution in [0.1, 0.15) is 29.2 Å². The van der Waals surface area contributed by atoms with Crippen molar-refractivity contribution in [2.75, 3.05) is 18.2 Å². The molecule has 9 heteroatoms. The second-order valence-corrected chi connectivity index (χ2v) is 8.18. The molecule has 1 amide bonds. The molecule has 2 aromatic heterocycles. The zero-order valence-electron chi connectivity index (χ0n) is 15.1. The number of benzene rings is 1. The highest BCUT2D eigenvalue weighted by Crippen LogP contribution is 2.41. The first-order valence-electron chi connectivity index (χ1n) is 8.75. The van der Waals surface area contributed by atoms with E-state index in [1.54, 1.807) is 35.6 Å². The van der Waals surface area contributed by atoms with E-state index in [2.05, 4.69) is 20.1 Å². The van der Waals surface area contributed by atoms with E-state index in [9.17, 15) is 9.59 Å². The third kappa shape index (κ3) is 4.10. The van der Waals surface area contributed by atoms with E-state index in [0.717, 1.165) is 28.7 Å². The second-order valence-electron chi connectivity index (χ2n) is 6.29. The van der Waals surface area contributed by atoms with E-state index in [0.29, 0.717) is 17.3 Å². The molecule has 7 nitrogen and oxygen atoms in total. The van der Waals surface area contributed by atoms with Crippen LogP contribution in [0.5, 0.6) is 0 Å². The molecule has 0 radical (unpaired) electrons. The van der Waals surface area contributed by atoms with Gasteiger partial charge in [-0.25, -0.2) is 4.79 Å². The highest BCUT2D eigenvalue weighted by Gasteiger charge is 2.30. The lowest BCUT2D eigenvalue weighted by molar-refractivity contribution is -0.113. The van der Waals surface area contributed by atoms with Crippen molar-refractivity contribution in [3.63, 3.8) is 0 Å². The molecule has 4 rings (SSSR count). The fraction of sp³-hybridized carbons (Fsp3) is 0.263. The second kappa shape index (κ2) is 8.15. The van der Waals surface area contributed by atoms with Crippen molar-refractivity contribution in [1.29, 1.82) is 0 Å². The molecule has 1 aromatic carbocycles. The summed E-state index contributed by atoms with van der Waals surface area (Å²) in [6.45, 7) is 0. The molecular formula is C19H18N4O3S2. The Kier molecular flexibility index (Phi) is 5.45. The normalized spacial score (nSPS) is 13.3. The summed E-state index contributed by atoms with van der Waals surface area (Å²) in [6, 6.07) is 11.1. The standard InChI is InChI=1S/C19H18N4O3S2/c1-26-18(25)12-4-2-5-13(10-12)20-16(24)11-28-19-22-21-17(15-6-3-9-27-15)23(19)14-7-8-14/h2-6,9-10,14H,7-8,11H2,1H3,(H,20,24). The number of hydrogen-bond donors (Lipinski definition) is 1. The molecule has 0 spiro atoms. The van der Waals surface area contributed by atoms with E-state index in [1.807, 2.05) is 17.5 Å². The van der Waals surface area contributed by atoms with Gasteiger partial charge < -0.3 is 10.1 Å². The molecule has 0 atom stereocenters. The Hall–Kier alpha value is -2.65. The molecule has 28 heavy (non-hydrogen) atoms. The van der Waals surface area contributed by atoms with Gasteiger partial charge in [0.15, 0.2) is 11.0 Å². The zero-order valence-corrected chi connectivity index (χ0v) is 16.8. The lowest BCUT2D eigenvalue weighted by Crippen LogP contribution is -2.15. The van der Waals surface area contributed by atoms with Crippen LogP contribution in [0.3, 0.4) is 0 Å². The van der Waals surface area contributed by atoms with Gasteiger partial charge in [0.05, 0.1) is 23.3 Å². The van der Waals surface area contributed by atoms with Gasteiger partial charge >= 0.3 is 5.97 Å². The number of hydrogen-bond acceptors (Lipinski definition) is 7. The number of methoxy groups -OCH3 is 1. The Morgan fingerprint density at radius 3 is 2.86 bits per heavy atom. The minimum absolute atomic E-state index is 0.171. The van der Waals surface area contributed by atoms with Gasteiger partial charge in [0.1, 0.15) is 0 Å². The van der Waals surface area contributed by atoms with Gasteiger partial charge in [-0.1, -0.05) is 23.9 Å². The number of aromatic nitrogens is 3. The van der Waals surface area contributed by atoms with Crippen LogP contribution in [0, 0.1) is 0 Å². The Morgan fingerprint density at radius 2 is 2.14 bits per heavy atom. The van der Waals surface area contributed by atoms with E-state index in [4.69, 9.17) is 4.74 Å². The first-order valence-corrected chi connectivity index (χ1v) is 10.6. The summed E-state index contributed by atoms with van der Waals surface area (Å²) in [6.07, 6.45) is 2.22. The van der Waals surface area contributed by atoms with Crippen molar-refractivity contribution in [2.45, 2.75) is 24.0 Å². The number of carbonyl (C=O) groups excluding carboxylic acids is 2. The minimum Gasteiger partial charge on any atom is -0.465 e. The van der Waals surface area contributed by atoms with E-state index >= 15 is 0 Å². The molecule has 1 aliphatic carbocycles. The lowest BCUT2D eigenvalue weighted by atomic mass is 10.2. The quantitative estimate of drug-likeness (QED) is 0.467. The molecule has 1 fully saturated rings. The number of thioether (sulfide) groups is 1. The van der Waals surface area contributed by atoms with Crippen molar-refractivity contribution in [2.24, 2.45) is 0 Å². The van der Waals surface area contributed by atoms with E-state index < -0.39 is 5.97 Å². The van der Waals surface area contributed by atoms with Gasteiger partial charge in [0, 0.05) is 11.7 Å². The maximum absolute atomic E-state index is 12.4. The number of ether oxygens (including phenoxy) is 1. The number of carbonyl (C=O) groups is 2. The fourth-order valence-electron chi connectivity index (χ4n) is 2.78. The predicted molar refractivity (Wildman–Crippen MR) is 109 cm³/mol. The third-order valence-corrected chi connectivity index (χ3v) is 6.03. The average molecular weight is 415 g/mol. The van der Waals surface area contributed by atoms with E-state index in [1.165, 1.54) is 18.9 Å². The number of rotatable bonds is 7. The molecule has 3 aromatic rings. The van der Waals surface area contributed by atoms with Gasteiger partial charge in [-0.3, -0.25) is 9.36 Å². The van der Waals surface area contributed by atoms with Crippen LogP contribution in [0.4, 0.5) is 5.69 Å². The molecule has 0 unspecified atom stereocenters. The molecule has 1 aliphatic rings. The first kappa shape index (κ1) is 18.7. The van der Waals surface area contributed by atoms with Gasteiger partial charge in [0.25, 0.3) is 0 Å². The van der Waals surface area contributed by atoms with Crippen LogP contribution in [-0.4, -0.2) is 39.5 Å². The Bertz CT molecular complexity index is 997. The molecular weight excluding hydrogens is 396 g/mol. The van der Waals surface area contributed by atoms with Crippen molar-refractivity contribution in [1.82, 2.24) is 14.8 Å². The van der Waals surface area contributed by atoms with Crippen molar-refractivity contribution in [3.8, 4) is 10.7 Å². The number of nitrogens with zero attached hydrogens (tertiary/aromatic N) is 3. The predicted octanol–water partition coefficient (Wildman–Crippen LogP) is 3.86. The Morgan fingerprint density at radius 1 is 1.29 bits per heavy atom. The highest BCUT2D eigenvalue weighted by atomic mass is 32.2. The van der Waals surface area contributed by atoms with Crippen LogP contribution >= 0.6 is 23.1 Å². The molecule has 0 bridgehead atoms. The summed E-state index contributed by atoms with van der Waals surface area (Å²) in [7, 11) is 1.32. The van der Waals surface area contributed by atoms with Crippen LogP contribution in [-0.2, 0) is 9.53 Å². The maximum atomic E-state index is 12.4. The monoisotopic (exact) mass is 414 g/mol. The summed E-state index contributed by atoms with van der Waals surface area (Å²) in [5.74, 6) is 0.461. The van der Waals surface area contributed by atoms with Crippen molar-refractivity contribution in [3.05, 3.63) is 47.3 Å². The fourth-order valence-corrected chi connectivity index (χ4v) is 4.29. The number of anilines is 1. The van der Waals surface area contributed by atoms with Crippen molar-refractivity contribution < 1.29 is 14.3 Å². The largest absolute Gasteiger partial charge is 0.465 e. The van der Waals surface area contributed by atoms with Crippen LogP contribution in [0.25, 0.3) is 10.7 Å². The Labute approximate surface area is 170 Å². The number of thiophene rings is 1. The number of amides is 1. The molecule has 144 valence electrons. The molecule has 1 saturated carbocycles. The molecule has 1 N–H and O–H groups in total. The first-order chi connectivity index (χ1) is 13.7. The average Bonchev–Trinajstić information content (AvgIpc) is 3.23. The van der Waals surface area contributed by atoms with Crippen LogP contribution in [0.2, 0.25) is 0 Å². The Balaban J connectivity index is 1.42. The smallest absolute Gasteiger partial charge is 0.337 e. The summed E-state index contributed by atoms with van der Waals surface area (Å²) in [4.78, 5) is 25.1. The maximum Gasteiger partial charge on any atom is 0.337 e. The van der Waals surface area contributed by atoms with E-state index in [-0.39, 0.29) is 11.7 Å². The zero-order chi connectivity index (χ0) is 19.5. The summed E-state index contributed by atoms with van der Waals surface area (Å²) in [5, 5.41) is 14.2. The summed E-state index contributed by atoms with van der Waals surface area (Å²) in [5.41, 5.74) is 0.943. The number of esters is 1. The van der Waals surface area contributed by atoms with Gasteiger partial charge in [-0.2, -0.15) is 0 Å². The minimum atomic E-state index is -0.441. The molecule has 0 aliphatic heterocycles. The van der Waals surface area contributed by atoms with Crippen LogP contribution in [0.15, 0.2) is 46.9 Å². The topological polar surface area (TPSA) is 86.1 Å². The van der Waals surface area contributed by atoms with Crippen LogP contribution < -0.4 is 5.32 Å². The van der Waals surface area contributed by atoms with Crippen molar-refractivity contribution >= 4 is 40.7 Å². The summed E-state index contributed by atoms with van der Waals surface area (Å²) >= 11 is 3.00. The SMILES string of the molecule is COC(=O)c1cccc(NC(=O)CSc2nnc(-c3cccs3)n2C2CC2)c1. The molecule has 2 heterocycles. The number of nitrogens with one attached hydrogen (secondary N) is 1. The highest BCUT2D eigenvalue weighted by molar-refractivity contribution is 7.99. The molecule has 0 saturated heterocycles. The lowest BCUT2D eigenvalue weighted by Gasteiger charge is -2.09.